The quantitative estimate of drug-likeness (QED) is 0.237. The normalized spacial score (nSPS) is 11.1. The summed E-state index contributed by atoms with van der Waals surface area (Å²) < 4.78 is 21.1. The minimum atomic E-state index is -0.513. The number of para-hydroxylation sites is 2. The highest BCUT2D eigenvalue weighted by Crippen LogP contribution is 2.34. The van der Waals surface area contributed by atoms with E-state index in [4.69, 9.17) is 9.40 Å². The molecular weight excluding hydrogens is 473 g/mol. The van der Waals surface area contributed by atoms with Gasteiger partial charge in [-0.3, -0.25) is 14.2 Å². The first kappa shape index (κ1) is 22.1. The van der Waals surface area contributed by atoms with Gasteiger partial charge >= 0.3 is 0 Å². The van der Waals surface area contributed by atoms with Crippen molar-refractivity contribution in [1.82, 2.24) is 9.55 Å². The number of nitrogens with zero attached hydrogens (tertiary/aromatic N) is 2. The Morgan fingerprint density at radius 3 is 2.62 bits per heavy atom. The van der Waals surface area contributed by atoms with E-state index in [0.717, 1.165) is 17.5 Å². The second kappa shape index (κ2) is 9.28. The number of benzene rings is 2. The van der Waals surface area contributed by atoms with Crippen LogP contribution in [-0.4, -0.2) is 21.2 Å². The van der Waals surface area contributed by atoms with Crippen molar-refractivity contribution in [1.29, 1.82) is 0 Å². The molecule has 6 nitrogen and oxygen atoms in total. The summed E-state index contributed by atoms with van der Waals surface area (Å²) in [4.78, 5) is 31.5. The first-order chi connectivity index (χ1) is 16.5. The third-order valence-electron chi connectivity index (χ3n) is 5.08. The number of anilines is 1. The number of hydrogen-bond donors (Lipinski definition) is 1. The lowest BCUT2D eigenvalue weighted by atomic mass is 10.2. The summed E-state index contributed by atoms with van der Waals surface area (Å²) in [5, 5.41) is 5.25. The van der Waals surface area contributed by atoms with Gasteiger partial charge in [0.2, 0.25) is 5.91 Å². The van der Waals surface area contributed by atoms with Crippen LogP contribution in [0.3, 0.4) is 0 Å². The molecule has 0 radical (unpaired) electrons. The van der Waals surface area contributed by atoms with Crippen molar-refractivity contribution in [3.63, 3.8) is 0 Å². The van der Waals surface area contributed by atoms with Gasteiger partial charge in [-0.25, -0.2) is 9.37 Å². The number of nitrogens with one attached hydrogen (secondary N) is 1. The number of thioether (sulfide) groups is 1. The molecule has 0 saturated carbocycles. The molecule has 0 bridgehead atoms. The van der Waals surface area contributed by atoms with E-state index >= 15 is 0 Å². The fourth-order valence-electron chi connectivity index (χ4n) is 3.51. The van der Waals surface area contributed by atoms with Gasteiger partial charge in [-0.1, -0.05) is 42.1 Å². The van der Waals surface area contributed by atoms with Gasteiger partial charge < -0.3 is 9.73 Å². The summed E-state index contributed by atoms with van der Waals surface area (Å²) in [6.45, 7) is 1.85. The number of carbonyl (C=O) groups excluding carboxylic acids is 1. The molecule has 2 aromatic carbocycles. The van der Waals surface area contributed by atoms with Crippen molar-refractivity contribution >= 4 is 44.9 Å². The van der Waals surface area contributed by atoms with Gasteiger partial charge in [0.1, 0.15) is 22.2 Å². The Morgan fingerprint density at radius 1 is 1.12 bits per heavy atom. The zero-order valence-electron chi connectivity index (χ0n) is 17.9. The van der Waals surface area contributed by atoms with Gasteiger partial charge in [0.25, 0.3) is 5.56 Å². The number of halogens is 1. The number of rotatable bonds is 6. The van der Waals surface area contributed by atoms with Crippen molar-refractivity contribution < 1.29 is 13.6 Å². The van der Waals surface area contributed by atoms with Gasteiger partial charge in [0.05, 0.1) is 22.5 Å². The second-order valence-electron chi connectivity index (χ2n) is 7.43. The molecule has 0 aliphatic rings. The predicted molar refractivity (Wildman–Crippen MR) is 133 cm³/mol. The number of furan rings is 1. The molecule has 0 fully saturated rings. The van der Waals surface area contributed by atoms with Crippen molar-refractivity contribution in [2.75, 3.05) is 11.1 Å². The summed E-state index contributed by atoms with van der Waals surface area (Å²) in [6, 6.07) is 18.8. The number of amides is 1. The Kier molecular flexibility index (Phi) is 6.04. The van der Waals surface area contributed by atoms with E-state index in [1.165, 1.54) is 28.0 Å². The predicted octanol–water partition coefficient (Wildman–Crippen LogP) is 5.89. The number of hydrogen-bond acceptors (Lipinski definition) is 6. The molecule has 1 N–H and O–H groups in total. The molecule has 5 rings (SSSR count). The third-order valence-corrected chi connectivity index (χ3v) is 6.89. The minimum absolute atomic E-state index is 0.0469. The van der Waals surface area contributed by atoms with Gasteiger partial charge in [0.15, 0.2) is 5.16 Å². The maximum absolute atomic E-state index is 13.9. The van der Waals surface area contributed by atoms with E-state index in [1.807, 2.05) is 54.8 Å². The zero-order chi connectivity index (χ0) is 23.7. The van der Waals surface area contributed by atoms with Crippen LogP contribution in [-0.2, 0) is 4.79 Å². The van der Waals surface area contributed by atoms with Crippen LogP contribution in [0.5, 0.6) is 0 Å². The van der Waals surface area contributed by atoms with Crippen LogP contribution < -0.4 is 10.9 Å². The average Bonchev–Trinajstić information content (AvgIpc) is 3.46. The van der Waals surface area contributed by atoms with E-state index < -0.39 is 11.7 Å². The molecule has 0 saturated heterocycles. The average molecular weight is 492 g/mol. The van der Waals surface area contributed by atoms with Crippen LogP contribution in [0.4, 0.5) is 10.1 Å². The van der Waals surface area contributed by atoms with Crippen LogP contribution in [0.25, 0.3) is 27.2 Å². The molecule has 3 aromatic heterocycles. The highest BCUT2D eigenvalue weighted by atomic mass is 32.2. The standard InChI is InChI=1S/C25H18FN3O3S2/c1-15-11-12-20(32-15)17-13-33-23-22(17)24(31)29(16-7-3-2-4-8-16)25(28-23)34-14-21(30)27-19-10-6-5-9-18(19)26/h2-13H,14H2,1H3,(H,27,30). The lowest BCUT2D eigenvalue weighted by Crippen LogP contribution is -2.22. The van der Waals surface area contributed by atoms with Crippen molar-refractivity contribution in [3.05, 3.63) is 94.0 Å². The summed E-state index contributed by atoms with van der Waals surface area (Å²) in [6.07, 6.45) is 0. The fraction of sp³-hybridized carbons (Fsp3) is 0.0800. The van der Waals surface area contributed by atoms with Gasteiger partial charge in [-0.15, -0.1) is 11.3 Å². The number of carbonyl (C=O) groups is 1. The highest BCUT2D eigenvalue weighted by Gasteiger charge is 2.20. The number of fused-ring (bicyclic) bond motifs is 1. The van der Waals surface area contributed by atoms with E-state index in [1.54, 1.807) is 12.1 Å². The summed E-state index contributed by atoms with van der Waals surface area (Å²) >= 11 is 2.46. The topological polar surface area (TPSA) is 77.1 Å². The van der Waals surface area contributed by atoms with E-state index in [-0.39, 0.29) is 17.0 Å². The largest absolute Gasteiger partial charge is 0.461 e. The Balaban J connectivity index is 1.54. The van der Waals surface area contributed by atoms with Gasteiger partial charge in [-0.05, 0) is 43.3 Å². The van der Waals surface area contributed by atoms with Crippen LogP contribution in [0, 0.1) is 12.7 Å². The molecule has 0 aliphatic heterocycles. The van der Waals surface area contributed by atoms with Crippen LogP contribution in [0.2, 0.25) is 0 Å². The van der Waals surface area contributed by atoms with Crippen molar-refractivity contribution in [3.8, 4) is 17.0 Å². The maximum Gasteiger partial charge on any atom is 0.268 e. The number of aromatic nitrogens is 2. The molecule has 34 heavy (non-hydrogen) atoms. The molecule has 1 amide bonds. The second-order valence-corrected chi connectivity index (χ2v) is 9.23. The lowest BCUT2D eigenvalue weighted by molar-refractivity contribution is -0.113. The molecule has 3 heterocycles. The van der Waals surface area contributed by atoms with Crippen LogP contribution >= 0.6 is 23.1 Å². The first-order valence-electron chi connectivity index (χ1n) is 10.3. The molecule has 5 aromatic rings. The molecule has 0 aliphatic carbocycles. The SMILES string of the molecule is Cc1ccc(-c2csc3nc(SCC(=O)Nc4ccccc4F)n(-c4ccccc4)c(=O)c23)o1. The van der Waals surface area contributed by atoms with Gasteiger partial charge in [0, 0.05) is 10.9 Å². The maximum atomic E-state index is 13.9. The zero-order valence-corrected chi connectivity index (χ0v) is 19.6. The van der Waals surface area contributed by atoms with Crippen LogP contribution in [0.15, 0.2) is 86.5 Å². The smallest absolute Gasteiger partial charge is 0.268 e. The first-order valence-corrected chi connectivity index (χ1v) is 12.2. The Bertz CT molecular complexity index is 1560. The van der Waals surface area contributed by atoms with Crippen molar-refractivity contribution in [2.24, 2.45) is 0 Å². The Morgan fingerprint density at radius 2 is 1.88 bits per heavy atom. The third kappa shape index (κ3) is 4.27. The minimum Gasteiger partial charge on any atom is -0.461 e. The summed E-state index contributed by atoms with van der Waals surface area (Å²) in [7, 11) is 0. The van der Waals surface area contributed by atoms with E-state index in [0.29, 0.717) is 32.4 Å². The monoisotopic (exact) mass is 491 g/mol. The van der Waals surface area contributed by atoms with Gasteiger partial charge in [-0.2, -0.15) is 0 Å². The lowest BCUT2D eigenvalue weighted by Gasteiger charge is -2.12. The number of thiophene rings is 1. The van der Waals surface area contributed by atoms with Crippen LogP contribution in [0.1, 0.15) is 5.76 Å². The highest BCUT2D eigenvalue weighted by molar-refractivity contribution is 7.99. The number of aryl methyl sites for hydroxylation is 1. The molecule has 0 spiro atoms. The molecule has 9 heteroatoms. The molecular formula is C25H18FN3O3S2. The van der Waals surface area contributed by atoms with Crippen molar-refractivity contribution in [2.45, 2.75) is 12.1 Å². The fourth-order valence-corrected chi connectivity index (χ4v) is 5.29. The van der Waals surface area contributed by atoms with E-state index in [9.17, 15) is 14.0 Å². The molecule has 170 valence electrons. The van der Waals surface area contributed by atoms with E-state index in [2.05, 4.69) is 5.32 Å². The summed E-state index contributed by atoms with van der Waals surface area (Å²) in [5.74, 6) is 0.392. The molecule has 0 unspecified atom stereocenters. The Hall–Kier alpha value is -3.69. The molecule has 0 atom stereocenters. The Labute approximate surface area is 202 Å². The summed E-state index contributed by atoms with van der Waals surface area (Å²) in [5.41, 5.74) is 1.17.